The van der Waals surface area contributed by atoms with Gasteiger partial charge in [-0.25, -0.2) is 0 Å². The number of hydrogen-bond donors (Lipinski definition) is 1. The van der Waals surface area contributed by atoms with Crippen molar-refractivity contribution in [2.45, 2.75) is 4.90 Å². The van der Waals surface area contributed by atoms with Gasteiger partial charge in [-0.2, -0.15) is 0 Å². The molecule has 3 aromatic rings. The molecule has 0 spiro atoms. The molecule has 0 amide bonds. The number of nitrogens with zero attached hydrogens (tertiary/aromatic N) is 1. The number of aromatic hydroxyl groups is 1. The summed E-state index contributed by atoms with van der Waals surface area (Å²) in [6, 6.07) is 16.1. The lowest BCUT2D eigenvalue weighted by atomic mass is 10.2. The smallest absolute Gasteiger partial charge is 0.315 e. The Balaban J connectivity index is 2.52. The third-order valence-corrected chi connectivity index (χ3v) is 4.26. The van der Waals surface area contributed by atoms with Crippen LogP contribution in [-0.2, 0) is 11.2 Å². The molecule has 0 aliphatic carbocycles. The van der Waals surface area contributed by atoms with E-state index >= 15 is 0 Å². The van der Waals surface area contributed by atoms with Crippen LogP contribution in [0.25, 0.3) is 16.6 Å². The Morgan fingerprint density at radius 3 is 2.33 bits per heavy atom. The highest BCUT2D eigenvalue weighted by Crippen LogP contribution is 2.30. The van der Waals surface area contributed by atoms with Gasteiger partial charge in [0.2, 0.25) is 0 Å². The van der Waals surface area contributed by atoms with Gasteiger partial charge < -0.3 is 9.66 Å². The summed E-state index contributed by atoms with van der Waals surface area (Å²) >= 11 is -1.58. The van der Waals surface area contributed by atoms with E-state index in [1.165, 1.54) is 10.8 Å². The van der Waals surface area contributed by atoms with E-state index in [2.05, 4.69) is 0 Å². The second-order valence-corrected chi connectivity index (χ2v) is 5.94. The van der Waals surface area contributed by atoms with E-state index in [9.17, 15) is 14.5 Å². The van der Waals surface area contributed by atoms with Crippen LogP contribution in [0.15, 0.2) is 64.3 Å². The molecule has 3 rings (SSSR count). The molecular formula is C16H13NO3S. The van der Waals surface area contributed by atoms with Crippen LogP contribution in [0.1, 0.15) is 0 Å². The second-order valence-electron chi connectivity index (χ2n) is 4.63. The molecule has 0 radical (unpaired) electrons. The summed E-state index contributed by atoms with van der Waals surface area (Å²) in [7, 11) is 0. The number of para-hydroxylation sites is 2. The zero-order valence-corrected chi connectivity index (χ0v) is 12.1. The maximum Gasteiger partial charge on any atom is 0.315 e. The van der Waals surface area contributed by atoms with Crippen molar-refractivity contribution in [1.82, 2.24) is 4.57 Å². The molecule has 4 nitrogen and oxygen atoms in total. The Morgan fingerprint density at radius 2 is 1.67 bits per heavy atom. The molecular weight excluding hydrogens is 286 g/mol. The monoisotopic (exact) mass is 299 g/mol. The molecule has 0 bridgehead atoms. The molecule has 0 saturated heterocycles. The third-order valence-electron chi connectivity index (χ3n) is 3.31. The molecule has 1 aromatic heterocycles. The zero-order valence-electron chi connectivity index (χ0n) is 11.3. The van der Waals surface area contributed by atoms with Gasteiger partial charge in [0, 0.05) is 11.1 Å². The van der Waals surface area contributed by atoms with Crippen molar-refractivity contribution in [3.63, 3.8) is 0 Å². The van der Waals surface area contributed by atoms with Gasteiger partial charge in [0.05, 0.1) is 5.52 Å². The summed E-state index contributed by atoms with van der Waals surface area (Å²) in [5.41, 5.74) is 0.795. The van der Waals surface area contributed by atoms with E-state index in [-0.39, 0.29) is 10.6 Å². The Hall–Kier alpha value is -2.24. The number of benzene rings is 2. The quantitative estimate of drug-likeness (QED) is 0.739. The van der Waals surface area contributed by atoms with E-state index in [0.29, 0.717) is 16.6 Å². The van der Waals surface area contributed by atoms with Gasteiger partial charge in [0.15, 0.2) is 5.75 Å². The fraction of sp³-hybridized carbons (Fsp3) is 0.0625. The van der Waals surface area contributed by atoms with E-state index in [4.69, 9.17) is 0 Å². The predicted molar refractivity (Wildman–Crippen MR) is 83.5 cm³/mol. The van der Waals surface area contributed by atoms with Crippen LogP contribution in [0.5, 0.6) is 5.75 Å². The largest absolute Gasteiger partial charge is 0.611 e. The third kappa shape index (κ3) is 2.20. The van der Waals surface area contributed by atoms with E-state index in [1.807, 2.05) is 18.2 Å². The van der Waals surface area contributed by atoms with Gasteiger partial charge in [-0.15, -0.1) is 0 Å². The van der Waals surface area contributed by atoms with Crippen LogP contribution in [0, 0.1) is 0 Å². The molecule has 0 fully saturated rings. The molecule has 1 N–H and O–H groups in total. The van der Waals surface area contributed by atoms with Crippen LogP contribution in [-0.4, -0.2) is 20.5 Å². The van der Waals surface area contributed by atoms with Gasteiger partial charge in [0.25, 0.3) is 4.90 Å². The molecule has 5 heteroatoms. The Kier molecular flexibility index (Phi) is 3.45. The number of rotatable bonds is 2. The molecule has 106 valence electrons. The molecule has 21 heavy (non-hydrogen) atoms. The van der Waals surface area contributed by atoms with Gasteiger partial charge in [-0.3, -0.25) is 9.36 Å². The SMILES string of the molecule is C[S+]([O-])c1c(O)c2ccccc2n(-c2ccccc2)c1=O. The van der Waals surface area contributed by atoms with E-state index in [0.717, 1.165) is 0 Å². The first-order valence-electron chi connectivity index (χ1n) is 6.37. The molecule has 0 aliphatic heterocycles. The first-order chi connectivity index (χ1) is 10.1. The van der Waals surface area contributed by atoms with Crippen LogP contribution < -0.4 is 5.56 Å². The minimum Gasteiger partial charge on any atom is -0.611 e. The average Bonchev–Trinajstić information content (AvgIpc) is 2.48. The Labute approximate surface area is 124 Å². The molecule has 1 heterocycles. The topological polar surface area (TPSA) is 65.3 Å². The van der Waals surface area contributed by atoms with Gasteiger partial charge in [-0.05, 0) is 35.4 Å². The summed E-state index contributed by atoms with van der Waals surface area (Å²) in [6.07, 6.45) is 1.39. The van der Waals surface area contributed by atoms with Crippen LogP contribution in [0.4, 0.5) is 0 Å². The summed E-state index contributed by atoms with van der Waals surface area (Å²) < 4.78 is 13.3. The number of aromatic nitrogens is 1. The predicted octanol–water partition coefficient (Wildman–Crippen LogP) is 2.43. The fourth-order valence-corrected chi connectivity index (χ4v) is 3.12. The van der Waals surface area contributed by atoms with Gasteiger partial charge >= 0.3 is 5.56 Å². The van der Waals surface area contributed by atoms with Crippen molar-refractivity contribution in [2.75, 3.05) is 6.26 Å². The zero-order chi connectivity index (χ0) is 15.0. The van der Waals surface area contributed by atoms with Crippen molar-refractivity contribution in [2.24, 2.45) is 0 Å². The fourth-order valence-electron chi connectivity index (χ4n) is 2.40. The highest BCUT2D eigenvalue weighted by atomic mass is 32.2. The van der Waals surface area contributed by atoms with Crippen molar-refractivity contribution < 1.29 is 9.66 Å². The van der Waals surface area contributed by atoms with E-state index < -0.39 is 16.7 Å². The highest BCUT2D eigenvalue weighted by molar-refractivity contribution is 7.90. The van der Waals surface area contributed by atoms with Gasteiger partial charge in [0.1, 0.15) is 6.26 Å². The van der Waals surface area contributed by atoms with Crippen LogP contribution in [0.3, 0.4) is 0 Å². The Morgan fingerprint density at radius 1 is 1.05 bits per heavy atom. The molecule has 0 aliphatic rings. The van der Waals surface area contributed by atoms with Gasteiger partial charge in [-0.1, -0.05) is 30.3 Å². The number of fused-ring (bicyclic) bond motifs is 1. The minimum absolute atomic E-state index is 0.0717. The molecule has 2 aromatic carbocycles. The number of pyridine rings is 1. The molecule has 0 saturated carbocycles. The molecule has 1 unspecified atom stereocenters. The average molecular weight is 299 g/mol. The first-order valence-corrected chi connectivity index (χ1v) is 7.92. The van der Waals surface area contributed by atoms with Crippen LogP contribution in [0.2, 0.25) is 0 Å². The highest BCUT2D eigenvalue weighted by Gasteiger charge is 2.23. The van der Waals surface area contributed by atoms with Crippen LogP contribution >= 0.6 is 0 Å². The summed E-state index contributed by atoms with van der Waals surface area (Å²) in [5, 5.41) is 10.8. The standard InChI is InChI=1S/C16H13NO3S/c1-21(20)15-14(18)12-9-5-6-10-13(12)17(16(15)19)11-7-3-2-4-8-11/h2-10,18H,1H3. The van der Waals surface area contributed by atoms with E-state index in [1.54, 1.807) is 36.4 Å². The van der Waals surface area contributed by atoms with Crippen molar-refractivity contribution in [1.29, 1.82) is 0 Å². The minimum atomic E-state index is -1.58. The summed E-state index contributed by atoms with van der Waals surface area (Å²) in [6.45, 7) is 0. The maximum absolute atomic E-state index is 12.7. The second kappa shape index (κ2) is 5.27. The lowest BCUT2D eigenvalue weighted by Gasteiger charge is -2.14. The lowest BCUT2D eigenvalue weighted by molar-refractivity contribution is 0.462. The lowest BCUT2D eigenvalue weighted by Crippen LogP contribution is -2.25. The first kappa shape index (κ1) is 13.7. The van der Waals surface area contributed by atoms with Crippen molar-refractivity contribution in [3.8, 4) is 11.4 Å². The maximum atomic E-state index is 12.7. The summed E-state index contributed by atoms with van der Waals surface area (Å²) in [4.78, 5) is 12.6. The number of hydrogen-bond acceptors (Lipinski definition) is 3. The van der Waals surface area contributed by atoms with Crippen molar-refractivity contribution >= 4 is 22.1 Å². The van der Waals surface area contributed by atoms with Crippen molar-refractivity contribution in [3.05, 3.63) is 65.0 Å². The molecule has 1 atom stereocenters. The Bertz CT molecular complexity index is 857. The summed E-state index contributed by atoms with van der Waals surface area (Å²) in [5.74, 6) is -0.205. The normalized spacial score (nSPS) is 12.5.